The monoisotopic (exact) mass is 261 g/mol. The molecule has 1 unspecified atom stereocenters. The number of hydrogen-bond donors (Lipinski definition) is 2. The summed E-state index contributed by atoms with van der Waals surface area (Å²) in [4.78, 5) is 25.1. The summed E-state index contributed by atoms with van der Waals surface area (Å²) in [5, 5.41) is 2.80. The van der Waals surface area contributed by atoms with E-state index in [-0.39, 0.29) is 24.3 Å². The molecule has 2 rings (SSSR count). The van der Waals surface area contributed by atoms with E-state index >= 15 is 0 Å². The largest absolute Gasteiger partial charge is 0.327 e. The molecule has 3 N–H and O–H groups in total. The molecular weight excluding hydrogens is 242 g/mol. The Bertz CT molecular complexity index is 485. The van der Waals surface area contributed by atoms with Gasteiger partial charge < -0.3 is 16.0 Å². The highest BCUT2D eigenvalue weighted by Gasteiger charge is 2.21. The van der Waals surface area contributed by atoms with Gasteiger partial charge in [-0.15, -0.1) is 0 Å². The van der Waals surface area contributed by atoms with Gasteiger partial charge in [-0.3, -0.25) is 9.59 Å². The number of benzene rings is 1. The van der Waals surface area contributed by atoms with E-state index in [1.54, 1.807) is 11.8 Å². The molecule has 0 spiro atoms. The van der Waals surface area contributed by atoms with Crippen molar-refractivity contribution in [1.82, 2.24) is 0 Å². The number of nitrogens with two attached hydrogens (primary N) is 1. The van der Waals surface area contributed by atoms with Crippen LogP contribution in [0.3, 0.4) is 0 Å². The molecule has 1 atom stereocenters. The summed E-state index contributed by atoms with van der Waals surface area (Å²) < 4.78 is 0. The molecule has 1 fully saturated rings. The maximum atomic E-state index is 11.7. The molecule has 0 bridgehead atoms. The van der Waals surface area contributed by atoms with Gasteiger partial charge in [0.05, 0.1) is 0 Å². The number of carbonyl (C=O) groups excluding carboxylic acids is 2. The summed E-state index contributed by atoms with van der Waals surface area (Å²) in [7, 11) is 0. The normalized spacial score (nSPS) is 16.5. The quantitative estimate of drug-likeness (QED) is 0.862. The van der Waals surface area contributed by atoms with Crippen molar-refractivity contribution in [1.29, 1.82) is 0 Å². The Hall–Kier alpha value is -1.88. The smallest absolute Gasteiger partial charge is 0.227 e. The molecule has 1 heterocycles. The van der Waals surface area contributed by atoms with Crippen molar-refractivity contribution in [3.63, 3.8) is 0 Å². The predicted molar refractivity (Wildman–Crippen MR) is 74.9 cm³/mol. The van der Waals surface area contributed by atoms with Crippen molar-refractivity contribution in [3.8, 4) is 0 Å². The maximum Gasteiger partial charge on any atom is 0.227 e. The van der Waals surface area contributed by atoms with Crippen molar-refractivity contribution >= 4 is 23.2 Å². The molecule has 1 aromatic rings. The summed E-state index contributed by atoms with van der Waals surface area (Å²) in [6, 6.07) is 7.18. The minimum atomic E-state index is -0.164. The lowest BCUT2D eigenvalue weighted by Gasteiger charge is -2.17. The third-order valence-corrected chi connectivity index (χ3v) is 3.02. The second-order valence-corrected chi connectivity index (χ2v) is 4.93. The van der Waals surface area contributed by atoms with Gasteiger partial charge in [-0.05, 0) is 31.5 Å². The molecule has 102 valence electrons. The first-order valence-electron chi connectivity index (χ1n) is 6.52. The Morgan fingerprint density at radius 2 is 2.32 bits per heavy atom. The topological polar surface area (TPSA) is 75.4 Å². The molecule has 2 amide bonds. The van der Waals surface area contributed by atoms with Crippen molar-refractivity contribution < 1.29 is 9.59 Å². The predicted octanol–water partition coefficient (Wildman–Crippen LogP) is 1.49. The number of amides is 2. The van der Waals surface area contributed by atoms with Gasteiger partial charge in [0.15, 0.2) is 0 Å². The number of carbonyl (C=O) groups is 2. The summed E-state index contributed by atoms with van der Waals surface area (Å²) in [6.07, 6.45) is 1.77. The zero-order chi connectivity index (χ0) is 13.8. The second kappa shape index (κ2) is 5.84. The molecule has 0 aromatic heterocycles. The molecule has 0 radical (unpaired) electrons. The fourth-order valence-corrected chi connectivity index (χ4v) is 2.18. The summed E-state index contributed by atoms with van der Waals surface area (Å²) in [5.41, 5.74) is 7.11. The van der Waals surface area contributed by atoms with Crippen LogP contribution in [0.1, 0.15) is 26.2 Å². The van der Waals surface area contributed by atoms with E-state index < -0.39 is 0 Å². The van der Waals surface area contributed by atoms with Crippen molar-refractivity contribution in [2.45, 2.75) is 32.2 Å². The van der Waals surface area contributed by atoms with E-state index in [0.717, 1.165) is 18.7 Å². The van der Waals surface area contributed by atoms with Crippen molar-refractivity contribution in [2.75, 3.05) is 16.8 Å². The molecule has 0 aliphatic carbocycles. The molecule has 19 heavy (non-hydrogen) atoms. The number of anilines is 2. The van der Waals surface area contributed by atoms with Crippen LogP contribution in [0.5, 0.6) is 0 Å². The molecule has 5 nitrogen and oxygen atoms in total. The second-order valence-electron chi connectivity index (χ2n) is 4.93. The Labute approximate surface area is 112 Å². The van der Waals surface area contributed by atoms with Gasteiger partial charge in [0, 0.05) is 36.8 Å². The third-order valence-electron chi connectivity index (χ3n) is 3.02. The molecule has 1 saturated heterocycles. The van der Waals surface area contributed by atoms with Gasteiger partial charge in [-0.2, -0.15) is 0 Å². The summed E-state index contributed by atoms with van der Waals surface area (Å²) in [6.45, 7) is 2.54. The molecular formula is C14H19N3O2. The van der Waals surface area contributed by atoms with Gasteiger partial charge in [-0.25, -0.2) is 0 Å². The van der Waals surface area contributed by atoms with E-state index in [1.807, 2.05) is 24.3 Å². The number of hydrogen-bond acceptors (Lipinski definition) is 3. The lowest BCUT2D eigenvalue weighted by atomic mass is 10.2. The van der Waals surface area contributed by atoms with E-state index in [2.05, 4.69) is 5.32 Å². The Morgan fingerprint density at radius 1 is 1.53 bits per heavy atom. The molecule has 1 aromatic carbocycles. The highest BCUT2D eigenvalue weighted by atomic mass is 16.2. The van der Waals surface area contributed by atoms with Crippen LogP contribution >= 0.6 is 0 Å². The first kappa shape index (κ1) is 13.5. The van der Waals surface area contributed by atoms with Crippen LogP contribution in [-0.2, 0) is 9.59 Å². The minimum absolute atomic E-state index is 0.111. The molecule has 0 saturated carbocycles. The molecule has 5 heteroatoms. The summed E-state index contributed by atoms with van der Waals surface area (Å²) in [5.74, 6) is 0.0268. The van der Waals surface area contributed by atoms with Gasteiger partial charge in [0.25, 0.3) is 0 Å². The van der Waals surface area contributed by atoms with Crippen LogP contribution in [-0.4, -0.2) is 24.4 Å². The lowest BCUT2D eigenvalue weighted by molar-refractivity contribution is -0.117. The van der Waals surface area contributed by atoms with Crippen LogP contribution in [0.2, 0.25) is 0 Å². The summed E-state index contributed by atoms with van der Waals surface area (Å²) >= 11 is 0. The maximum absolute atomic E-state index is 11.7. The van der Waals surface area contributed by atoms with Crippen molar-refractivity contribution in [2.24, 2.45) is 5.73 Å². The lowest BCUT2D eigenvalue weighted by Crippen LogP contribution is -2.25. The Kier molecular flexibility index (Phi) is 4.16. The third kappa shape index (κ3) is 3.54. The minimum Gasteiger partial charge on any atom is -0.327 e. The van der Waals surface area contributed by atoms with Crippen LogP contribution in [0.15, 0.2) is 24.3 Å². The van der Waals surface area contributed by atoms with Gasteiger partial charge in [0.2, 0.25) is 11.8 Å². The number of nitrogens with one attached hydrogen (secondary N) is 1. The van der Waals surface area contributed by atoms with Crippen LogP contribution < -0.4 is 16.0 Å². The first-order chi connectivity index (χ1) is 9.06. The fourth-order valence-electron chi connectivity index (χ4n) is 2.18. The Morgan fingerprint density at radius 3 is 2.95 bits per heavy atom. The first-order valence-corrected chi connectivity index (χ1v) is 6.52. The van der Waals surface area contributed by atoms with E-state index in [9.17, 15) is 9.59 Å². The van der Waals surface area contributed by atoms with Gasteiger partial charge >= 0.3 is 0 Å². The SMILES string of the molecule is CC(N)CC(=O)Nc1cccc(N2CCCC2=O)c1. The number of nitrogens with zero attached hydrogens (tertiary/aromatic N) is 1. The Balaban J connectivity index is 2.07. The van der Waals surface area contributed by atoms with Gasteiger partial charge in [0.1, 0.15) is 0 Å². The number of rotatable bonds is 4. The van der Waals surface area contributed by atoms with E-state index in [4.69, 9.17) is 5.73 Å². The fraction of sp³-hybridized carbons (Fsp3) is 0.429. The zero-order valence-electron chi connectivity index (χ0n) is 11.1. The standard InChI is InChI=1S/C14H19N3O2/c1-10(15)8-13(18)16-11-4-2-5-12(9-11)17-7-3-6-14(17)19/h2,4-5,9-10H,3,6-8,15H2,1H3,(H,16,18). The van der Waals surface area contributed by atoms with Crippen molar-refractivity contribution in [3.05, 3.63) is 24.3 Å². The van der Waals surface area contributed by atoms with Crippen LogP contribution in [0, 0.1) is 0 Å². The average molecular weight is 261 g/mol. The van der Waals surface area contributed by atoms with E-state index in [1.165, 1.54) is 0 Å². The van der Waals surface area contributed by atoms with E-state index in [0.29, 0.717) is 12.1 Å². The highest BCUT2D eigenvalue weighted by molar-refractivity contribution is 5.97. The van der Waals surface area contributed by atoms with Gasteiger partial charge in [-0.1, -0.05) is 6.07 Å². The molecule has 1 aliphatic rings. The molecule has 1 aliphatic heterocycles. The average Bonchev–Trinajstić information content (AvgIpc) is 2.74. The van der Waals surface area contributed by atoms with Crippen LogP contribution in [0.25, 0.3) is 0 Å². The van der Waals surface area contributed by atoms with Crippen LogP contribution in [0.4, 0.5) is 11.4 Å². The highest BCUT2D eigenvalue weighted by Crippen LogP contribution is 2.24. The zero-order valence-corrected chi connectivity index (χ0v) is 11.1.